The van der Waals surface area contributed by atoms with Gasteiger partial charge in [-0.15, -0.1) is 0 Å². The van der Waals surface area contributed by atoms with Crippen molar-refractivity contribution in [2.24, 2.45) is 5.92 Å². The first kappa shape index (κ1) is 11.7. The number of aromatic nitrogens is 2. The van der Waals surface area contributed by atoms with Crippen LogP contribution in [0.1, 0.15) is 38.6 Å². The van der Waals surface area contributed by atoms with E-state index >= 15 is 0 Å². The van der Waals surface area contributed by atoms with Crippen molar-refractivity contribution in [2.75, 3.05) is 6.54 Å². The molecule has 0 aliphatic heterocycles. The van der Waals surface area contributed by atoms with E-state index in [9.17, 15) is 0 Å². The van der Waals surface area contributed by atoms with Crippen LogP contribution in [0.3, 0.4) is 0 Å². The molecule has 96 valence electrons. The molecule has 0 saturated heterocycles. The van der Waals surface area contributed by atoms with E-state index in [0.29, 0.717) is 6.04 Å². The molecule has 1 atom stereocenters. The highest BCUT2D eigenvalue weighted by Gasteiger charge is 2.23. The SMILES string of the molecule is CCn1c(C(C)NCC2CC2)nc2ccccc21. The normalized spacial score (nSPS) is 17.2. The van der Waals surface area contributed by atoms with Gasteiger partial charge in [0, 0.05) is 6.54 Å². The van der Waals surface area contributed by atoms with Crippen molar-refractivity contribution < 1.29 is 0 Å². The van der Waals surface area contributed by atoms with E-state index in [1.54, 1.807) is 0 Å². The summed E-state index contributed by atoms with van der Waals surface area (Å²) in [6.45, 7) is 6.51. The van der Waals surface area contributed by atoms with Crippen molar-refractivity contribution in [1.82, 2.24) is 14.9 Å². The lowest BCUT2D eigenvalue weighted by Gasteiger charge is -2.14. The third kappa shape index (κ3) is 2.15. The first-order chi connectivity index (χ1) is 8.79. The minimum atomic E-state index is 0.331. The molecule has 1 aromatic heterocycles. The Hall–Kier alpha value is -1.35. The van der Waals surface area contributed by atoms with Gasteiger partial charge >= 0.3 is 0 Å². The maximum absolute atomic E-state index is 4.78. The molecular formula is C15H21N3. The van der Waals surface area contributed by atoms with Crippen LogP contribution in [-0.2, 0) is 6.54 Å². The van der Waals surface area contributed by atoms with Crippen LogP contribution in [0.25, 0.3) is 11.0 Å². The van der Waals surface area contributed by atoms with Gasteiger partial charge in [0.1, 0.15) is 5.82 Å². The number of aryl methyl sites for hydroxylation is 1. The summed E-state index contributed by atoms with van der Waals surface area (Å²) < 4.78 is 2.32. The molecule has 3 nitrogen and oxygen atoms in total. The van der Waals surface area contributed by atoms with Crippen molar-refractivity contribution in [1.29, 1.82) is 0 Å². The molecule has 3 heteroatoms. The predicted octanol–water partition coefficient (Wildman–Crippen LogP) is 3.12. The van der Waals surface area contributed by atoms with Crippen molar-refractivity contribution in [3.8, 4) is 0 Å². The minimum Gasteiger partial charge on any atom is -0.327 e. The zero-order valence-corrected chi connectivity index (χ0v) is 11.2. The first-order valence-electron chi connectivity index (χ1n) is 6.98. The Morgan fingerprint density at radius 3 is 2.89 bits per heavy atom. The summed E-state index contributed by atoms with van der Waals surface area (Å²) in [6.07, 6.45) is 2.79. The third-order valence-corrected chi connectivity index (χ3v) is 3.80. The Morgan fingerprint density at radius 2 is 2.17 bits per heavy atom. The second-order valence-electron chi connectivity index (χ2n) is 5.28. The number of hydrogen-bond donors (Lipinski definition) is 1. The van der Waals surface area contributed by atoms with Gasteiger partial charge in [0.25, 0.3) is 0 Å². The van der Waals surface area contributed by atoms with Gasteiger partial charge in [0.15, 0.2) is 0 Å². The Bertz CT molecular complexity index is 540. The van der Waals surface area contributed by atoms with E-state index in [4.69, 9.17) is 4.98 Å². The fourth-order valence-corrected chi connectivity index (χ4v) is 2.51. The lowest BCUT2D eigenvalue weighted by molar-refractivity contribution is 0.506. The summed E-state index contributed by atoms with van der Waals surface area (Å²) in [4.78, 5) is 4.78. The van der Waals surface area contributed by atoms with E-state index < -0.39 is 0 Å². The van der Waals surface area contributed by atoms with E-state index in [1.165, 1.54) is 24.2 Å². The second-order valence-corrected chi connectivity index (χ2v) is 5.28. The molecular weight excluding hydrogens is 222 g/mol. The lowest BCUT2D eigenvalue weighted by atomic mass is 10.3. The topological polar surface area (TPSA) is 29.9 Å². The molecule has 1 aromatic carbocycles. The maximum Gasteiger partial charge on any atom is 0.126 e. The van der Waals surface area contributed by atoms with E-state index in [2.05, 4.69) is 48.0 Å². The van der Waals surface area contributed by atoms with Crippen LogP contribution in [-0.4, -0.2) is 16.1 Å². The van der Waals surface area contributed by atoms with Crippen LogP contribution in [0.4, 0.5) is 0 Å². The summed E-state index contributed by atoms with van der Waals surface area (Å²) in [5.74, 6) is 2.08. The molecule has 0 bridgehead atoms. The van der Waals surface area contributed by atoms with E-state index in [0.717, 1.165) is 24.5 Å². The largest absolute Gasteiger partial charge is 0.327 e. The van der Waals surface area contributed by atoms with Crippen molar-refractivity contribution in [3.05, 3.63) is 30.1 Å². The molecule has 0 amide bonds. The molecule has 0 spiro atoms. The third-order valence-electron chi connectivity index (χ3n) is 3.80. The molecule has 2 aromatic rings. The first-order valence-corrected chi connectivity index (χ1v) is 6.98. The summed E-state index contributed by atoms with van der Waals surface area (Å²) in [5.41, 5.74) is 2.35. The van der Waals surface area contributed by atoms with Gasteiger partial charge in [0.05, 0.1) is 17.1 Å². The van der Waals surface area contributed by atoms with Crippen LogP contribution in [0, 0.1) is 5.92 Å². The monoisotopic (exact) mass is 243 g/mol. The fraction of sp³-hybridized carbons (Fsp3) is 0.533. The number of nitrogens with zero attached hydrogens (tertiary/aromatic N) is 2. The summed E-state index contributed by atoms with van der Waals surface area (Å²) >= 11 is 0. The van der Waals surface area contributed by atoms with Gasteiger partial charge in [-0.3, -0.25) is 0 Å². The fourth-order valence-electron chi connectivity index (χ4n) is 2.51. The molecule has 1 saturated carbocycles. The molecule has 1 N–H and O–H groups in total. The van der Waals surface area contributed by atoms with Gasteiger partial charge in [0.2, 0.25) is 0 Å². The van der Waals surface area contributed by atoms with Crippen molar-refractivity contribution in [2.45, 2.75) is 39.3 Å². The number of para-hydroxylation sites is 2. The molecule has 1 unspecified atom stereocenters. The molecule has 1 fully saturated rings. The average molecular weight is 243 g/mol. The van der Waals surface area contributed by atoms with E-state index in [-0.39, 0.29) is 0 Å². The quantitative estimate of drug-likeness (QED) is 0.874. The van der Waals surface area contributed by atoms with Gasteiger partial charge in [-0.05, 0) is 51.3 Å². The summed E-state index contributed by atoms with van der Waals surface area (Å²) in [6, 6.07) is 8.73. The number of rotatable bonds is 5. The summed E-state index contributed by atoms with van der Waals surface area (Å²) in [5, 5.41) is 3.61. The van der Waals surface area contributed by atoms with Crippen LogP contribution < -0.4 is 5.32 Å². The van der Waals surface area contributed by atoms with Gasteiger partial charge in [-0.25, -0.2) is 4.98 Å². The Kier molecular flexibility index (Phi) is 3.08. The van der Waals surface area contributed by atoms with Gasteiger partial charge in [-0.1, -0.05) is 12.1 Å². The van der Waals surface area contributed by atoms with Crippen LogP contribution in [0.15, 0.2) is 24.3 Å². The predicted molar refractivity (Wildman–Crippen MR) is 74.5 cm³/mol. The highest BCUT2D eigenvalue weighted by Crippen LogP contribution is 2.29. The van der Waals surface area contributed by atoms with Gasteiger partial charge < -0.3 is 9.88 Å². The highest BCUT2D eigenvalue weighted by molar-refractivity contribution is 5.76. The van der Waals surface area contributed by atoms with Crippen molar-refractivity contribution >= 4 is 11.0 Å². The Balaban J connectivity index is 1.88. The smallest absolute Gasteiger partial charge is 0.126 e. The number of benzene rings is 1. The van der Waals surface area contributed by atoms with E-state index in [1.807, 2.05) is 0 Å². The number of nitrogens with one attached hydrogen (secondary N) is 1. The molecule has 1 aliphatic carbocycles. The number of hydrogen-bond acceptors (Lipinski definition) is 2. The van der Waals surface area contributed by atoms with Crippen LogP contribution in [0.5, 0.6) is 0 Å². The maximum atomic E-state index is 4.78. The standard InChI is InChI=1S/C15H21N3/c1-3-18-14-7-5-4-6-13(14)17-15(18)11(2)16-10-12-8-9-12/h4-7,11-12,16H,3,8-10H2,1-2H3. The lowest BCUT2D eigenvalue weighted by Crippen LogP contribution is -2.24. The van der Waals surface area contributed by atoms with Crippen LogP contribution >= 0.6 is 0 Å². The zero-order chi connectivity index (χ0) is 12.5. The molecule has 1 aliphatic rings. The Labute approximate surface area is 108 Å². The number of fused-ring (bicyclic) bond motifs is 1. The van der Waals surface area contributed by atoms with Crippen molar-refractivity contribution in [3.63, 3.8) is 0 Å². The second kappa shape index (κ2) is 4.73. The molecule has 0 radical (unpaired) electrons. The summed E-state index contributed by atoms with van der Waals surface area (Å²) in [7, 11) is 0. The molecule has 1 heterocycles. The highest BCUT2D eigenvalue weighted by atomic mass is 15.1. The molecule has 3 rings (SSSR count). The average Bonchev–Trinajstić information content (AvgIpc) is 3.14. The van der Waals surface area contributed by atoms with Crippen LogP contribution in [0.2, 0.25) is 0 Å². The minimum absolute atomic E-state index is 0.331. The zero-order valence-electron chi connectivity index (χ0n) is 11.2. The van der Waals surface area contributed by atoms with Gasteiger partial charge in [-0.2, -0.15) is 0 Å². The molecule has 18 heavy (non-hydrogen) atoms. The number of imidazole rings is 1. The Morgan fingerprint density at radius 1 is 1.39 bits per heavy atom.